The highest BCUT2D eigenvalue weighted by Gasteiger charge is 2.38. The molecule has 1 atom stereocenters. The fraction of sp³-hybridized carbons (Fsp3) is 0.278. The van der Waals surface area contributed by atoms with Crippen molar-refractivity contribution in [3.05, 3.63) is 57.9 Å². The van der Waals surface area contributed by atoms with Crippen LogP contribution in [0.1, 0.15) is 21.5 Å². The highest BCUT2D eigenvalue weighted by Crippen LogP contribution is 2.43. The van der Waals surface area contributed by atoms with E-state index in [1.54, 1.807) is 0 Å². The Morgan fingerprint density at radius 2 is 2.00 bits per heavy atom. The van der Waals surface area contributed by atoms with Gasteiger partial charge in [-0.25, -0.2) is 4.39 Å². The second-order valence-corrected chi connectivity index (χ2v) is 7.30. The van der Waals surface area contributed by atoms with Crippen molar-refractivity contribution in [1.82, 2.24) is 0 Å². The maximum atomic E-state index is 14.1. The number of hydrogen-bond acceptors (Lipinski definition) is 2. The quantitative estimate of drug-likeness (QED) is 0.440. The van der Waals surface area contributed by atoms with Gasteiger partial charge in [-0.3, -0.25) is 4.79 Å². The molecule has 0 bridgehead atoms. The Bertz CT molecular complexity index is 904. The number of hydrogen-bond donors (Lipinski definition) is 0. The van der Waals surface area contributed by atoms with Gasteiger partial charge in [0.15, 0.2) is 0 Å². The highest BCUT2D eigenvalue weighted by atomic mass is 79.9. The number of anilines is 1. The molecular weight excluding hydrogens is 454 g/mol. The zero-order chi connectivity index (χ0) is 19.9. The first-order chi connectivity index (χ1) is 12.6. The minimum absolute atomic E-state index is 0.0578. The van der Waals surface area contributed by atoms with Crippen LogP contribution >= 0.6 is 27.5 Å². The molecule has 0 aliphatic carbocycles. The van der Waals surface area contributed by atoms with Gasteiger partial charge in [-0.2, -0.15) is 13.2 Å². The summed E-state index contributed by atoms with van der Waals surface area (Å²) < 4.78 is 58.8. The maximum absolute atomic E-state index is 14.1. The number of carbonyl (C=O) groups is 1. The molecule has 1 unspecified atom stereocenters. The first kappa shape index (κ1) is 19.9. The molecule has 0 fully saturated rings. The van der Waals surface area contributed by atoms with E-state index in [2.05, 4.69) is 15.9 Å². The van der Waals surface area contributed by atoms with Crippen molar-refractivity contribution in [3.8, 4) is 5.75 Å². The van der Waals surface area contributed by atoms with Gasteiger partial charge in [0.25, 0.3) is 0 Å². The number of methoxy groups -OCH3 is 1. The van der Waals surface area contributed by atoms with E-state index in [0.29, 0.717) is 12.0 Å². The van der Waals surface area contributed by atoms with Crippen LogP contribution in [0.3, 0.4) is 0 Å². The van der Waals surface area contributed by atoms with Gasteiger partial charge in [0.1, 0.15) is 16.4 Å². The molecule has 0 N–H and O–H groups in total. The lowest BCUT2D eigenvalue weighted by Gasteiger charge is -2.23. The Morgan fingerprint density at radius 3 is 2.59 bits per heavy atom. The fourth-order valence-corrected chi connectivity index (χ4v) is 3.79. The largest absolute Gasteiger partial charge is 0.496 e. The Labute approximate surface area is 166 Å². The lowest BCUT2D eigenvalue weighted by molar-refractivity contribution is -0.138. The van der Waals surface area contributed by atoms with Gasteiger partial charge < -0.3 is 9.64 Å². The summed E-state index contributed by atoms with van der Waals surface area (Å²) in [7, 11) is 1.16. The second-order valence-electron chi connectivity index (χ2n) is 5.95. The molecule has 0 radical (unpaired) electrons. The van der Waals surface area contributed by atoms with Gasteiger partial charge in [0.05, 0.1) is 12.7 Å². The molecular formula is C18H13BrClF4NO2. The molecule has 1 aliphatic heterocycles. The first-order valence-corrected chi connectivity index (χ1v) is 9.11. The Hall–Kier alpha value is -1.80. The van der Waals surface area contributed by atoms with Crippen LogP contribution in [-0.2, 0) is 17.4 Å². The molecule has 9 heteroatoms. The summed E-state index contributed by atoms with van der Waals surface area (Å²) in [6.45, 7) is 0.190. The number of nitrogens with zero attached hydrogens (tertiary/aromatic N) is 1. The summed E-state index contributed by atoms with van der Waals surface area (Å²) in [6, 6.07) is 6.06. The van der Waals surface area contributed by atoms with Crippen molar-refractivity contribution in [1.29, 1.82) is 0 Å². The van der Waals surface area contributed by atoms with Crippen molar-refractivity contribution >= 4 is 39.1 Å². The van der Waals surface area contributed by atoms with Crippen molar-refractivity contribution in [2.24, 2.45) is 0 Å². The van der Waals surface area contributed by atoms with Crippen LogP contribution < -0.4 is 9.64 Å². The molecule has 2 aromatic carbocycles. The van der Waals surface area contributed by atoms with E-state index in [4.69, 9.17) is 16.3 Å². The molecule has 144 valence electrons. The predicted molar refractivity (Wildman–Crippen MR) is 97.1 cm³/mol. The monoisotopic (exact) mass is 465 g/mol. The molecule has 3 nitrogen and oxygen atoms in total. The average Bonchev–Trinajstić information content (AvgIpc) is 3.01. The molecule has 1 heterocycles. The summed E-state index contributed by atoms with van der Waals surface area (Å²) in [5.41, 5.74) is -0.203. The highest BCUT2D eigenvalue weighted by molar-refractivity contribution is 9.09. The number of rotatable bonds is 3. The number of amides is 1. The van der Waals surface area contributed by atoms with E-state index < -0.39 is 28.3 Å². The van der Waals surface area contributed by atoms with Gasteiger partial charge in [-0.1, -0.05) is 33.6 Å². The summed E-state index contributed by atoms with van der Waals surface area (Å²) >= 11 is 8.87. The third kappa shape index (κ3) is 3.78. The van der Waals surface area contributed by atoms with Gasteiger partial charge in [-0.05, 0) is 36.2 Å². The van der Waals surface area contributed by atoms with Crippen LogP contribution in [0.15, 0.2) is 30.3 Å². The lowest BCUT2D eigenvalue weighted by Crippen LogP contribution is -2.32. The van der Waals surface area contributed by atoms with E-state index in [1.165, 1.54) is 23.1 Å². The number of alkyl halides is 4. The van der Waals surface area contributed by atoms with Crippen LogP contribution in [-0.4, -0.2) is 19.6 Å². The first-order valence-electron chi connectivity index (χ1n) is 7.82. The Morgan fingerprint density at radius 1 is 1.30 bits per heavy atom. The maximum Gasteiger partial charge on any atom is 0.420 e. The zero-order valence-corrected chi connectivity index (χ0v) is 16.3. The van der Waals surface area contributed by atoms with Crippen molar-refractivity contribution in [3.63, 3.8) is 0 Å². The standard InChI is InChI=1S/C18H13BrClF4NO2/c1-27-15-6-9-4-5-25(14(9)8-12(15)18(22,23)24)17(26)16(19)11-3-2-10(20)7-13(11)21/h2-3,6-8,16H,4-5H2,1H3. The van der Waals surface area contributed by atoms with Crippen LogP contribution in [0.4, 0.5) is 23.2 Å². The third-order valence-corrected chi connectivity index (χ3v) is 5.44. The smallest absolute Gasteiger partial charge is 0.420 e. The minimum Gasteiger partial charge on any atom is -0.496 e. The summed E-state index contributed by atoms with van der Waals surface area (Å²) in [5, 5.41) is 0.178. The van der Waals surface area contributed by atoms with Crippen LogP contribution in [0.2, 0.25) is 5.02 Å². The van der Waals surface area contributed by atoms with Crippen LogP contribution in [0.5, 0.6) is 5.75 Å². The molecule has 0 spiro atoms. The van der Waals surface area contributed by atoms with Crippen LogP contribution in [0.25, 0.3) is 0 Å². The number of benzene rings is 2. The molecule has 3 rings (SSSR count). The Kier molecular flexibility index (Phi) is 5.40. The lowest BCUT2D eigenvalue weighted by atomic mass is 10.1. The molecule has 0 saturated heterocycles. The van der Waals surface area contributed by atoms with E-state index in [9.17, 15) is 22.4 Å². The minimum atomic E-state index is -4.63. The number of halogens is 6. The zero-order valence-electron chi connectivity index (χ0n) is 13.9. The van der Waals surface area contributed by atoms with Crippen molar-refractivity contribution in [2.45, 2.75) is 17.4 Å². The van der Waals surface area contributed by atoms with E-state index in [0.717, 1.165) is 19.2 Å². The molecule has 2 aromatic rings. The molecule has 0 aromatic heterocycles. The molecule has 1 aliphatic rings. The van der Waals surface area contributed by atoms with Crippen molar-refractivity contribution in [2.75, 3.05) is 18.6 Å². The summed E-state index contributed by atoms with van der Waals surface area (Å²) in [6.07, 6.45) is -4.26. The molecule has 27 heavy (non-hydrogen) atoms. The topological polar surface area (TPSA) is 29.5 Å². The SMILES string of the molecule is COc1cc2c(cc1C(F)(F)F)N(C(=O)C(Br)c1ccc(Cl)cc1F)CC2. The van der Waals surface area contributed by atoms with E-state index in [1.807, 2.05) is 0 Å². The number of fused-ring (bicyclic) bond motifs is 1. The summed E-state index contributed by atoms with van der Waals surface area (Å²) in [5.74, 6) is -1.54. The predicted octanol–water partition coefficient (Wildman–Crippen LogP) is 5.53. The van der Waals surface area contributed by atoms with Gasteiger partial charge in [-0.15, -0.1) is 0 Å². The molecule has 1 amide bonds. The van der Waals surface area contributed by atoms with E-state index in [-0.39, 0.29) is 28.6 Å². The van der Waals surface area contributed by atoms with E-state index >= 15 is 0 Å². The number of ether oxygens (including phenoxy) is 1. The fourth-order valence-electron chi connectivity index (χ4n) is 3.01. The number of carbonyl (C=O) groups excluding carboxylic acids is 1. The summed E-state index contributed by atoms with van der Waals surface area (Å²) in [4.78, 5) is 13.0. The van der Waals surface area contributed by atoms with Gasteiger partial charge in [0.2, 0.25) is 5.91 Å². The molecule has 0 saturated carbocycles. The Balaban J connectivity index is 1.98. The van der Waals surface area contributed by atoms with Crippen LogP contribution in [0, 0.1) is 5.82 Å². The second kappa shape index (κ2) is 7.31. The van der Waals surface area contributed by atoms with Gasteiger partial charge >= 0.3 is 6.18 Å². The average molecular weight is 467 g/mol. The van der Waals surface area contributed by atoms with Crippen molar-refractivity contribution < 1.29 is 27.1 Å². The third-order valence-electron chi connectivity index (χ3n) is 4.32. The van der Waals surface area contributed by atoms with Gasteiger partial charge in [0, 0.05) is 22.8 Å². The normalized spacial score (nSPS) is 14.9.